The number of aliphatic hydroxyl groups excluding tert-OH is 2. The summed E-state index contributed by atoms with van der Waals surface area (Å²) in [5, 5.41) is 36.1. The number of benzene rings is 2. The maximum Gasteiger partial charge on any atom is 0.290 e. The van der Waals surface area contributed by atoms with Gasteiger partial charge in [0, 0.05) is 24.0 Å². The van der Waals surface area contributed by atoms with E-state index < -0.39 is 11.6 Å². The van der Waals surface area contributed by atoms with Crippen molar-refractivity contribution in [2.24, 2.45) is 0 Å². The van der Waals surface area contributed by atoms with Gasteiger partial charge < -0.3 is 25.3 Å². The van der Waals surface area contributed by atoms with Gasteiger partial charge in [0.15, 0.2) is 0 Å². The van der Waals surface area contributed by atoms with Crippen LogP contribution in [0.4, 0.5) is 5.82 Å². The molecule has 0 spiro atoms. The first-order valence-electron chi connectivity index (χ1n) is 11.1. The Labute approximate surface area is 204 Å². The number of likely N-dealkylation sites (N-methyl/N-ethyl adjacent to an activating group) is 1. The first kappa shape index (κ1) is 27.7. The van der Waals surface area contributed by atoms with Crippen LogP contribution >= 0.6 is 0 Å². The lowest BCUT2D eigenvalue weighted by atomic mass is 9.77. The van der Waals surface area contributed by atoms with Gasteiger partial charge in [-0.15, -0.1) is 0 Å². The Morgan fingerprint density at radius 2 is 1.71 bits per heavy atom. The third kappa shape index (κ3) is 5.94. The van der Waals surface area contributed by atoms with Crippen molar-refractivity contribution in [1.29, 1.82) is 0 Å². The Bertz CT molecular complexity index is 1100. The Morgan fingerprint density at radius 3 is 2.26 bits per heavy atom. The van der Waals surface area contributed by atoms with Gasteiger partial charge >= 0.3 is 0 Å². The fourth-order valence-corrected chi connectivity index (χ4v) is 4.73. The average molecular weight is 484 g/mol. The Kier molecular flexibility index (Phi) is 10.1. The zero-order chi connectivity index (χ0) is 26.0. The molecule has 1 aliphatic heterocycles. The second-order valence-corrected chi connectivity index (χ2v) is 8.38. The van der Waals surface area contributed by atoms with Crippen LogP contribution in [0.15, 0.2) is 54.6 Å². The molecule has 4 rings (SSSR count). The molecule has 9 nitrogen and oxygen atoms in total. The number of hydrogen-bond donors (Lipinski definition) is 4. The molecule has 2 aromatic carbocycles. The summed E-state index contributed by atoms with van der Waals surface area (Å²) < 4.78 is 0. The number of aryl methyl sites for hydroxylation is 1. The minimum atomic E-state index is -0.588. The van der Waals surface area contributed by atoms with E-state index in [1.807, 2.05) is 50.5 Å². The zero-order valence-electron chi connectivity index (χ0n) is 20.2. The van der Waals surface area contributed by atoms with Gasteiger partial charge in [-0.2, -0.15) is 0 Å². The molecule has 2 heterocycles. The van der Waals surface area contributed by atoms with Crippen LogP contribution < -0.4 is 4.90 Å². The number of anilines is 1. The number of para-hydroxylation sites is 1. The van der Waals surface area contributed by atoms with Crippen LogP contribution in [0.1, 0.15) is 23.1 Å². The number of rotatable bonds is 4. The Balaban J connectivity index is 0.000000655. The van der Waals surface area contributed by atoms with Crippen LogP contribution in [-0.2, 0) is 21.7 Å². The van der Waals surface area contributed by atoms with Crippen molar-refractivity contribution in [3.63, 3.8) is 0 Å². The average Bonchev–Trinajstić information content (AvgIpc) is 2.85. The molecule has 1 saturated heterocycles. The number of fused-ring (bicyclic) bond motifs is 1. The van der Waals surface area contributed by atoms with E-state index in [1.54, 1.807) is 0 Å². The smallest absolute Gasteiger partial charge is 0.290 e. The first-order chi connectivity index (χ1) is 16.8. The van der Waals surface area contributed by atoms with Gasteiger partial charge in [0.1, 0.15) is 5.82 Å². The third-order valence-corrected chi connectivity index (χ3v) is 6.35. The molecule has 35 heavy (non-hydrogen) atoms. The van der Waals surface area contributed by atoms with Crippen LogP contribution in [0.25, 0.3) is 10.9 Å². The number of hydrogen-bond acceptors (Lipinski definition) is 7. The molecule has 0 bridgehead atoms. The van der Waals surface area contributed by atoms with Crippen molar-refractivity contribution < 1.29 is 30.0 Å². The number of pyridine rings is 1. The molecular formula is C26H33N3O6. The maximum atomic E-state index is 11.3. The predicted molar refractivity (Wildman–Crippen MR) is 134 cm³/mol. The predicted octanol–water partition coefficient (Wildman–Crippen LogP) is 2.47. The van der Waals surface area contributed by atoms with Crippen molar-refractivity contribution >= 4 is 29.7 Å². The number of aromatic nitrogens is 1. The standard InChI is InChI=1S/C24H29N3O2.2CH2O2/c1-17-8-7-9-18-14-19(16-28)23(25-22(17)18)27-13-12-24(26(2)3,21(29)15-27)20-10-5-4-6-11-20;2*2-1-3/h4-11,14,21,28-29H,12-13,15-16H2,1-3H3;2*1H,(H,2,3)/t21-,24+;;/m1../s1. The van der Waals surface area contributed by atoms with E-state index in [4.69, 9.17) is 24.8 Å². The quantitative estimate of drug-likeness (QED) is 0.413. The Hall–Kier alpha value is -3.53. The van der Waals surface area contributed by atoms with Gasteiger partial charge in [0.25, 0.3) is 12.9 Å². The van der Waals surface area contributed by atoms with Gasteiger partial charge in [-0.25, -0.2) is 4.98 Å². The molecule has 4 N–H and O–H groups in total. The van der Waals surface area contributed by atoms with Crippen LogP contribution in [0.3, 0.4) is 0 Å². The number of aliphatic hydroxyl groups is 2. The maximum absolute atomic E-state index is 11.3. The van der Waals surface area contributed by atoms with E-state index in [0.717, 1.165) is 46.4 Å². The summed E-state index contributed by atoms with van der Waals surface area (Å²) in [6.07, 6.45) is 0.179. The van der Waals surface area contributed by atoms with E-state index in [-0.39, 0.29) is 19.6 Å². The highest BCUT2D eigenvalue weighted by Crippen LogP contribution is 2.39. The second kappa shape index (κ2) is 12.8. The zero-order valence-corrected chi connectivity index (χ0v) is 20.2. The van der Waals surface area contributed by atoms with Crippen LogP contribution in [0.5, 0.6) is 0 Å². The highest BCUT2D eigenvalue weighted by atomic mass is 16.3. The van der Waals surface area contributed by atoms with E-state index >= 15 is 0 Å². The largest absolute Gasteiger partial charge is 0.483 e. The highest BCUT2D eigenvalue weighted by Gasteiger charge is 2.46. The Morgan fingerprint density at radius 1 is 1.09 bits per heavy atom. The lowest BCUT2D eigenvalue weighted by Gasteiger charge is -2.50. The number of piperidine rings is 1. The van der Waals surface area contributed by atoms with E-state index in [0.29, 0.717) is 6.54 Å². The molecule has 9 heteroatoms. The number of β-amino-alcohol motifs (C(OH)–C–C–N with tert-alkyl or cyclic N) is 1. The molecule has 0 amide bonds. The fourth-order valence-electron chi connectivity index (χ4n) is 4.73. The summed E-state index contributed by atoms with van der Waals surface area (Å²) in [4.78, 5) is 25.9. The fraction of sp³-hybridized carbons (Fsp3) is 0.346. The molecule has 1 fully saturated rings. The molecule has 188 valence electrons. The van der Waals surface area contributed by atoms with Crippen LogP contribution in [0.2, 0.25) is 0 Å². The van der Waals surface area contributed by atoms with Crippen molar-refractivity contribution in [3.05, 3.63) is 71.3 Å². The van der Waals surface area contributed by atoms with E-state index in [2.05, 4.69) is 34.9 Å². The van der Waals surface area contributed by atoms with Gasteiger partial charge in [-0.1, -0.05) is 48.5 Å². The lowest BCUT2D eigenvalue weighted by Crippen LogP contribution is -2.60. The molecule has 1 aromatic heterocycles. The molecule has 0 aliphatic carbocycles. The van der Waals surface area contributed by atoms with Crippen LogP contribution in [-0.4, -0.2) is 76.5 Å². The van der Waals surface area contributed by atoms with Gasteiger partial charge in [-0.3, -0.25) is 14.5 Å². The molecule has 0 unspecified atom stereocenters. The molecular weight excluding hydrogens is 450 g/mol. The summed E-state index contributed by atoms with van der Waals surface area (Å²) >= 11 is 0. The molecule has 2 atom stereocenters. The SMILES string of the molecule is Cc1cccc2cc(CO)c(N3CC[C@@](c4ccccc4)(N(C)C)[C@H](O)C3)nc12.O=CO.O=CO. The molecule has 1 aliphatic rings. The molecule has 0 saturated carbocycles. The van der Waals surface area contributed by atoms with Gasteiger partial charge in [0.2, 0.25) is 0 Å². The minimum Gasteiger partial charge on any atom is -0.483 e. The molecule has 0 radical (unpaired) electrons. The summed E-state index contributed by atoms with van der Waals surface area (Å²) in [5.74, 6) is 0.772. The number of carboxylic acid groups (broad SMARTS) is 2. The van der Waals surface area contributed by atoms with Crippen molar-refractivity contribution in [3.8, 4) is 0 Å². The third-order valence-electron chi connectivity index (χ3n) is 6.35. The summed E-state index contributed by atoms with van der Waals surface area (Å²) in [5.41, 5.74) is 3.54. The molecule has 3 aromatic rings. The summed E-state index contributed by atoms with van der Waals surface area (Å²) in [7, 11) is 4.06. The highest BCUT2D eigenvalue weighted by molar-refractivity contribution is 5.84. The van der Waals surface area contributed by atoms with E-state index in [1.165, 1.54) is 0 Å². The van der Waals surface area contributed by atoms with Crippen molar-refractivity contribution in [2.75, 3.05) is 32.1 Å². The summed E-state index contributed by atoms with van der Waals surface area (Å²) in [6, 6.07) is 18.3. The second-order valence-electron chi connectivity index (χ2n) is 8.38. The van der Waals surface area contributed by atoms with Crippen LogP contribution in [0, 0.1) is 6.92 Å². The lowest BCUT2D eigenvalue weighted by molar-refractivity contribution is -0.123. The normalized spacial score (nSPS) is 19.3. The topological polar surface area (TPSA) is 134 Å². The first-order valence-corrected chi connectivity index (χ1v) is 11.1. The van der Waals surface area contributed by atoms with Crippen molar-refractivity contribution in [2.45, 2.75) is 31.6 Å². The number of carbonyl (C=O) groups is 2. The monoisotopic (exact) mass is 483 g/mol. The number of nitrogens with zero attached hydrogens (tertiary/aromatic N) is 3. The minimum absolute atomic E-state index is 0.0731. The van der Waals surface area contributed by atoms with Crippen molar-refractivity contribution in [1.82, 2.24) is 9.88 Å². The van der Waals surface area contributed by atoms with Gasteiger partial charge in [-0.05, 0) is 44.6 Å². The summed E-state index contributed by atoms with van der Waals surface area (Å²) in [6.45, 7) is 2.69. The van der Waals surface area contributed by atoms with E-state index in [9.17, 15) is 10.2 Å². The van der Waals surface area contributed by atoms with Gasteiger partial charge in [0.05, 0.1) is 23.8 Å².